The smallest absolute Gasteiger partial charge is 0.318 e. The first-order valence-electron chi connectivity index (χ1n) is 5.45. The zero-order valence-electron chi connectivity index (χ0n) is 9.98. The topological polar surface area (TPSA) is 72.2 Å². The Bertz CT molecular complexity index is 423. The molecule has 4 nitrogen and oxygen atoms in total. The lowest BCUT2D eigenvalue weighted by Gasteiger charge is -2.11. The second-order valence-electron chi connectivity index (χ2n) is 3.73. The Labute approximate surface area is 109 Å². The Hall–Kier alpha value is -1.56. The van der Waals surface area contributed by atoms with Crippen LogP contribution in [0.2, 0.25) is 0 Å². The van der Waals surface area contributed by atoms with Gasteiger partial charge in [0.1, 0.15) is 5.82 Å². The van der Waals surface area contributed by atoms with Crippen LogP contribution in [0.4, 0.5) is 9.18 Å². The second-order valence-corrected chi connectivity index (χ2v) is 5.18. The van der Waals surface area contributed by atoms with E-state index in [9.17, 15) is 14.0 Å². The summed E-state index contributed by atoms with van der Waals surface area (Å²) in [5.41, 5.74) is 5.81. The predicted octanol–water partition coefficient (Wildman–Crippen LogP) is 2.20. The number of thioether (sulfide) groups is 1. The summed E-state index contributed by atoms with van der Waals surface area (Å²) >= 11 is 1.56. The zero-order valence-corrected chi connectivity index (χ0v) is 10.8. The number of amides is 3. The van der Waals surface area contributed by atoms with Crippen molar-refractivity contribution in [1.29, 1.82) is 0 Å². The number of hydrogen-bond donors (Lipinski definition) is 2. The van der Waals surface area contributed by atoms with Crippen LogP contribution in [0.1, 0.15) is 24.2 Å². The Kier molecular flexibility index (Phi) is 5.64. The van der Waals surface area contributed by atoms with Crippen LogP contribution in [0.15, 0.2) is 24.3 Å². The number of carbonyl (C=O) groups is 2. The molecule has 0 aliphatic heterocycles. The van der Waals surface area contributed by atoms with E-state index in [-0.39, 0.29) is 23.4 Å². The van der Waals surface area contributed by atoms with Gasteiger partial charge in [-0.15, -0.1) is 0 Å². The number of carbonyl (C=O) groups excluding carboxylic acids is 2. The van der Waals surface area contributed by atoms with Gasteiger partial charge >= 0.3 is 6.03 Å². The van der Waals surface area contributed by atoms with Gasteiger partial charge in [0.05, 0.1) is 0 Å². The van der Waals surface area contributed by atoms with E-state index in [0.29, 0.717) is 5.75 Å². The molecule has 0 aromatic heterocycles. The second kappa shape index (κ2) is 7.00. The van der Waals surface area contributed by atoms with Crippen LogP contribution < -0.4 is 11.1 Å². The number of nitrogens with two attached hydrogens (primary N) is 1. The van der Waals surface area contributed by atoms with Crippen molar-refractivity contribution in [2.75, 3.05) is 5.75 Å². The maximum atomic E-state index is 12.7. The first-order valence-corrected chi connectivity index (χ1v) is 6.50. The average molecular weight is 270 g/mol. The van der Waals surface area contributed by atoms with Crippen molar-refractivity contribution in [1.82, 2.24) is 5.32 Å². The van der Waals surface area contributed by atoms with Gasteiger partial charge in [-0.05, 0) is 24.6 Å². The number of primary amides is 1. The van der Waals surface area contributed by atoms with Gasteiger partial charge in [-0.3, -0.25) is 10.1 Å². The summed E-state index contributed by atoms with van der Waals surface area (Å²) < 4.78 is 12.7. The van der Waals surface area contributed by atoms with Gasteiger partial charge in [0.2, 0.25) is 5.91 Å². The quantitative estimate of drug-likeness (QED) is 0.861. The first kappa shape index (κ1) is 14.5. The molecule has 1 atom stereocenters. The van der Waals surface area contributed by atoms with E-state index in [2.05, 4.69) is 0 Å². The molecule has 3 N–H and O–H groups in total. The number of rotatable bonds is 5. The fourth-order valence-electron chi connectivity index (χ4n) is 1.36. The third-order valence-electron chi connectivity index (χ3n) is 2.30. The van der Waals surface area contributed by atoms with Crippen molar-refractivity contribution in [3.05, 3.63) is 35.6 Å². The number of hydrogen-bond acceptors (Lipinski definition) is 3. The maximum absolute atomic E-state index is 12.7. The van der Waals surface area contributed by atoms with Gasteiger partial charge in [0.25, 0.3) is 0 Å². The molecule has 3 amide bonds. The molecule has 6 heteroatoms. The molecular formula is C12H15FN2O2S. The van der Waals surface area contributed by atoms with Crippen molar-refractivity contribution < 1.29 is 14.0 Å². The molecule has 0 saturated carbocycles. The molecule has 0 spiro atoms. The van der Waals surface area contributed by atoms with Crippen molar-refractivity contribution in [2.45, 2.75) is 18.6 Å². The van der Waals surface area contributed by atoms with Crippen LogP contribution in [0.3, 0.4) is 0 Å². The Morgan fingerprint density at radius 3 is 2.56 bits per heavy atom. The van der Waals surface area contributed by atoms with Crippen molar-refractivity contribution in [3.63, 3.8) is 0 Å². The average Bonchev–Trinajstić information content (AvgIpc) is 2.28. The highest BCUT2D eigenvalue weighted by Crippen LogP contribution is 2.28. The van der Waals surface area contributed by atoms with Crippen LogP contribution in [-0.2, 0) is 4.79 Å². The third kappa shape index (κ3) is 5.18. The molecule has 0 unspecified atom stereocenters. The Morgan fingerprint density at radius 1 is 1.39 bits per heavy atom. The van der Waals surface area contributed by atoms with Crippen LogP contribution in [0.5, 0.6) is 0 Å². The first-order chi connectivity index (χ1) is 8.49. The minimum atomic E-state index is -0.836. The molecule has 1 rings (SSSR count). The number of nitrogens with one attached hydrogen (secondary N) is 1. The number of urea groups is 1. The molecule has 0 aliphatic rings. The Balaban J connectivity index is 2.33. The van der Waals surface area contributed by atoms with E-state index in [4.69, 9.17) is 5.73 Å². The number of imide groups is 1. The molecule has 0 saturated heterocycles. The molecule has 0 aliphatic carbocycles. The standard InChI is InChI=1S/C12H15FN2O2S/c1-8(9-2-4-10(13)5-3-9)18-7-6-11(16)15-12(14)17/h2-5,8H,6-7H2,1H3,(H3,14,15,16,17)/t8-/m1/s1. The summed E-state index contributed by atoms with van der Waals surface area (Å²) in [6.07, 6.45) is 0.221. The highest BCUT2D eigenvalue weighted by molar-refractivity contribution is 7.99. The van der Waals surface area contributed by atoms with Crippen molar-refractivity contribution >= 4 is 23.7 Å². The summed E-state index contributed by atoms with van der Waals surface area (Å²) in [5.74, 6) is -0.0874. The lowest BCUT2D eigenvalue weighted by atomic mass is 10.2. The normalized spacial score (nSPS) is 11.9. The van der Waals surface area contributed by atoms with E-state index < -0.39 is 6.03 Å². The summed E-state index contributed by atoms with van der Waals surface area (Å²) in [4.78, 5) is 21.5. The predicted molar refractivity (Wildman–Crippen MR) is 69.6 cm³/mol. The molecule has 98 valence electrons. The minimum absolute atomic E-state index is 0.159. The van der Waals surface area contributed by atoms with E-state index >= 15 is 0 Å². The van der Waals surface area contributed by atoms with Gasteiger partial charge in [-0.1, -0.05) is 12.1 Å². The zero-order chi connectivity index (χ0) is 13.5. The molecule has 0 bridgehead atoms. The Morgan fingerprint density at radius 2 is 2.00 bits per heavy atom. The number of benzene rings is 1. The van der Waals surface area contributed by atoms with Gasteiger partial charge in [-0.25, -0.2) is 9.18 Å². The van der Waals surface area contributed by atoms with E-state index in [1.807, 2.05) is 12.2 Å². The highest BCUT2D eigenvalue weighted by atomic mass is 32.2. The van der Waals surface area contributed by atoms with E-state index in [1.54, 1.807) is 23.9 Å². The summed E-state index contributed by atoms with van der Waals surface area (Å²) in [6, 6.07) is 5.42. The van der Waals surface area contributed by atoms with E-state index in [0.717, 1.165) is 5.56 Å². The van der Waals surface area contributed by atoms with Gasteiger partial charge < -0.3 is 5.73 Å². The molecule has 0 fully saturated rings. The molecule has 0 heterocycles. The molecular weight excluding hydrogens is 255 g/mol. The SMILES string of the molecule is C[C@@H](SCCC(=O)NC(N)=O)c1ccc(F)cc1. The van der Waals surface area contributed by atoms with Crippen molar-refractivity contribution in [3.8, 4) is 0 Å². The van der Waals surface area contributed by atoms with Gasteiger partial charge in [0, 0.05) is 17.4 Å². The molecule has 1 aromatic carbocycles. The van der Waals surface area contributed by atoms with Crippen LogP contribution in [-0.4, -0.2) is 17.7 Å². The summed E-state index contributed by atoms with van der Waals surface area (Å²) in [6.45, 7) is 1.98. The minimum Gasteiger partial charge on any atom is -0.351 e. The van der Waals surface area contributed by atoms with Crippen LogP contribution >= 0.6 is 11.8 Å². The molecule has 1 aromatic rings. The monoisotopic (exact) mass is 270 g/mol. The fraction of sp³-hybridized carbons (Fsp3) is 0.333. The van der Waals surface area contributed by atoms with Crippen LogP contribution in [0, 0.1) is 5.82 Å². The van der Waals surface area contributed by atoms with E-state index in [1.165, 1.54) is 12.1 Å². The molecule has 0 radical (unpaired) electrons. The summed E-state index contributed by atoms with van der Waals surface area (Å²) in [7, 11) is 0. The maximum Gasteiger partial charge on any atom is 0.318 e. The fourth-order valence-corrected chi connectivity index (χ4v) is 2.36. The van der Waals surface area contributed by atoms with Gasteiger partial charge in [0.15, 0.2) is 0 Å². The third-order valence-corrected chi connectivity index (χ3v) is 3.51. The van der Waals surface area contributed by atoms with Crippen molar-refractivity contribution in [2.24, 2.45) is 5.73 Å². The lowest BCUT2D eigenvalue weighted by molar-refractivity contribution is -0.119. The summed E-state index contributed by atoms with van der Waals surface area (Å²) in [5, 5.41) is 2.16. The number of halogens is 1. The molecule has 18 heavy (non-hydrogen) atoms. The largest absolute Gasteiger partial charge is 0.351 e. The lowest BCUT2D eigenvalue weighted by Crippen LogP contribution is -2.35. The highest BCUT2D eigenvalue weighted by Gasteiger charge is 2.08. The van der Waals surface area contributed by atoms with Crippen LogP contribution in [0.25, 0.3) is 0 Å². The van der Waals surface area contributed by atoms with Gasteiger partial charge in [-0.2, -0.15) is 11.8 Å².